The van der Waals surface area contributed by atoms with Crippen molar-refractivity contribution in [1.29, 1.82) is 0 Å². The molecule has 1 aliphatic rings. The van der Waals surface area contributed by atoms with Gasteiger partial charge in [-0.05, 0) is 67.6 Å². The average molecular weight is 234 g/mol. The van der Waals surface area contributed by atoms with Crippen LogP contribution in [0.4, 0.5) is 4.39 Å². The van der Waals surface area contributed by atoms with Gasteiger partial charge in [-0.25, -0.2) is 4.39 Å². The topological polar surface area (TPSA) is 0 Å². The second-order valence-electron chi connectivity index (χ2n) is 5.90. The first-order valence-corrected chi connectivity index (χ1v) is 6.90. The monoisotopic (exact) mass is 234 g/mol. The van der Waals surface area contributed by atoms with E-state index in [2.05, 4.69) is 13.8 Å². The number of rotatable bonds is 3. The minimum atomic E-state index is -0.123. The molecule has 94 valence electrons. The molecule has 0 atom stereocenters. The first-order valence-electron chi connectivity index (χ1n) is 6.90. The lowest BCUT2D eigenvalue weighted by Crippen LogP contribution is -2.15. The van der Waals surface area contributed by atoms with Crippen molar-refractivity contribution in [1.82, 2.24) is 0 Å². The SMILES string of the molecule is CC(C)C[C@H]1CC[C@H](c2ccc(F)cc2)CC1. The summed E-state index contributed by atoms with van der Waals surface area (Å²) in [5, 5.41) is 0. The normalized spacial score (nSPS) is 25.2. The van der Waals surface area contributed by atoms with Gasteiger partial charge >= 0.3 is 0 Å². The summed E-state index contributed by atoms with van der Waals surface area (Å²) in [7, 11) is 0. The van der Waals surface area contributed by atoms with Gasteiger partial charge in [-0.3, -0.25) is 0 Å². The van der Waals surface area contributed by atoms with Gasteiger partial charge in [-0.2, -0.15) is 0 Å². The largest absolute Gasteiger partial charge is 0.207 e. The molecule has 1 aromatic carbocycles. The van der Waals surface area contributed by atoms with Crippen molar-refractivity contribution in [3.8, 4) is 0 Å². The number of hydrogen-bond donors (Lipinski definition) is 0. The molecule has 0 N–H and O–H groups in total. The van der Waals surface area contributed by atoms with Crippen molar-refractivity contribution < 1.29 is 4.39 Å². The molecule has 1 aliphatic carbocycles. The maximum absolute atomic E-state index is 12.9. The summed E-state index contributed by atoms with van der Waals surface area (Å²) in [5.41, 5.74) is 1.33. The summed E-state index contributed by atoms with van der Waals surface area (Å²) < 4.78 is 12.9. The van der Waals surface area contributed by atoms with Gasteiger partial charge in [0.05, 0.1) is 0 Å². The van der Waals surface area contributed by atoms with Crippen LogP contribution in [-0.2, 0) is 0 Å². The molecule has 1 aromatic rings. The van der Waals surface area contributed by atoms with Crippen molar-refractivity contribution in [2.24, 2.45) is 11.8 Å². The summed E-state index contributed by atoms with van der Waals surface area (Å²) in [6.45, 7) is 4.62. The predicted octanol–water partition coefficient (Wildman–Crippen LogP) is 5.15. The van der Waals surface area contributed by atoms with Crippen molar-refractivity contribution in [3.63, 3.8) is 0 Å². The fourth-order valence-corrected chi connectivity index (χ4v) is 3.13. The van der Waals surface area contributed by atoms with Crippen LogP contribution in [0, 0.1) is 17.7 Å². The third-order valence-corrected chi connectivity index (χ3v) is 3.99. The van der Waals surface area contributed by atoms with Gasteiger partial charge in [-0.15, -0.1) is 0 Å². The Hall–Kier alpha value is -0.850. The lowest BCUT2D eigenvalue weighted by molar-refractivity contribution is 0.283. The maximum atomic E-state index is 12.9. The van der Waals surface area contributed by atoms with Crippen molar-refractivity contribution in [2.45, 2.75) is 51.9 Å². The fraction of sp³-hybridized carbons (Fsp3) is 0.625. The van der Waals surface area contributed by atoms with E-state index in [1.54, 1.807) is 12.1 Å². The summed E-state index contributed by atoms with van der Waals surface area (Å²) >= 11 is 0. The maximum Gasteiger partial charge on any atom is 0.123 e. The second-order valence-corrected chi connectivity index (χ2v) is 5.90. The highest BCUT2D eigenvalue weighted by Gasteiger charge is 2.22. The highest BCUT2D eigenvalue weighted by molar-refractivity contribution is 5.20. The van der Waals surface area contributed by atoms with Crippen LogP contribution in [0.3, 0.4) is 0 Å². The van der Waals surface area contributed by atoms with E-state index in [0.717, 1.165) is 11.8 Å². The molecular formula is C16H23F. The minimum Gasteiger partial charge on any atom is -0.207 e. The summed E-state index contributed by atoms with van der Waals surface area (Å²) in [6, 6.07) is 7.11. The number of hydrogen-bond acceptors (Lipinski definition) is 0. The first-order chi connectivity index (χ1) is 8.15. The Balaban J connectivity index is 1.88. The van der Waals surface area contributed by atoms with E-state index in [9.17, 15) is 4.39 Å². The number of halogens is 1. The molecule has 0 bridgehead atoms. The molecule has 1 fully saturated rings. The van der Waals surface area contributed by atoms with Crippen LogP contribution in [0.1, 0.15) is 57.4 Å². The van der Waals surface area contributed by atoms with E-state index in [4.69, 9.17) is 0 Å². The summed E-state index contributed by atoms with van der Waals surface area (Å²) in [4.78, 5) is 0. The van der Waals surface area contributed by atoms with E-state index in [-0.39, 0.29) is 5.82 Å². The minimum absolute atomic E-state index is 0.123. The van der Waals surface area contributed by atoms with E-state index in [1.807, 2.05) is 12.1 Å². The van der Waals surface area contributed by atoms with Gasteiger partial charge in [0.25, 0.3) is 0 Å². The first kappa shape index (κ1) is 12.6. The molecule has 0 aliphatic heterocycles. The van der Waals surface area contributed by atoms with Gasteiger partial charge in [0, 0.05) is 0 Å². The van der Waals surface area contributed by atoms with Gasteiger partial charge < -0.3 is 0 Å². The zero-order valence-corrected chi connectivity index (χ0v) is 11.0. The van der Waals surface area contributed by atoms with Crippen LogP contribution in [0.25, 0.3) is 0 Å². The fourth-order valence-electron chi connectivity index (χ4n) is 3.13. The molecule has 17 heavy (non-hydrogen) atoms. The molecule has 0 heterocycles. The zero-order chi connectivity index (χ0) is 12.3. The smallest absolute Gasteiger partial charge is 0.123 e. The molecule has 0 unspecified atom stereocenters. The third-order valence-electron chi connectivity index (χ3n) is 3.99. The highest BCUT2D eigenvalue weighted by Crippen LogP contribution is 2.38. The van der Waals surface area contributed by atoms with E-state index < -0.39 is 0 Å². The molecular weight excluding hydrogens is 211 g/mol. The summed E-state index contributed by atoms with van der Waals surface area (Å²) in [5.74, 6) is 2.29. The quantitative estimate of drug-likeness (QED) is 0.679. The van der Waals surface area contributed by atoms with E-state index in [1.165, 1.54) is 37.7 Å². The van der Waals surface area contributed by atoms with Crippen LogP contribution in [0.15, 0.2) is 24.3 Å². The zero-order valence-electron chi connectivity index (χ0n) is 11.0. The Kier molecular flexibility index (Phi) is 4.20. The van der Waals surface area contributed by atoms with Gasteiger partial charge in [0.15, 0.2) is 0 Å². The van der Waals surface area contributed by atoms with Gasteiger partial charge in [-0.1, -0.05) is 26.0 Å². The molecule has 1 saturated carbocycles. The average Bonchev–Trinajstić information content (AvgIpc) is 2.30. The van der Waals surface area contributed by atoms with Crippen LogP contribution < -0.4 is 0 Å². The van der Waals surface area contributed by atoms with E-state index >= 15 is 0 Å². The second kappa shape index (κ2) is 5.66. The van der Waals surface area contributed by atoms with E-state index in [0.29, 0.717) is 5.92 Å². The molecule has 0 nitrogen and oxygen atoms in total. The molecule has 1 heteroatoms. The lowest BCUT2D eigenvalue weighted by Gasteiger charge is -2.29. The molecule has 0 saturated heterocycles. The van der Waals surface area contributed by atoms with Crippen LogP contribution in [-0.4, -0.2) is 0 Å². The molecule has 0 radical (unpaired) electrons. The number of benzene rings is 1. The van der Waals surface area contributed by atoms with Crippen LogP contribution in [0.5, 0.6) is 0 Å². The molecule has 0 amide bonds. The van der Waals surface area contributed by atoms with Crippen molar-refractivity contribution in [3.05, 3.63) is 35.6 Å². The van der Waals surface area contributed by atoms with Crippen LogP contribution in [0.2, 0.25) is 0 Å². The van der Waals surface area contributed by atoms with Gasteiger partial charge in [0.1, 0.15) is 5.82 Å². The Labute approximate surface area is 104 Å². The predicted molar refractivity (Wildman–Crippen MR) is 70.6 cm³/mol. The Morgan fingerprint density at radius 2 is 1.65 bits per heavy atom. The lowest BCUT2D eigenvalue weighted by atomic mass is 9.76. The standard InChI is InChI=1S/C16H23F/c1-12(2)11-13-3-5-14(6-4-13)15-7-9-16(17)10-8-15/h7-10,12-14H,3-6,11H2,1-2H3/t13-,14-. The molecule has 0 aromatic heterocycles. The Morgan fingerprint density at radius 3 is 2.18 bits per heavy atom. The third kappa shape index (κ3) is 3.55. The highest BCUT2D eigenvalue weighted by atomic mass is 19.1. The molecule has 0 spiro atoms. The Morgan fingerprint density at radius 1 is 1.06 bits per heavy atom. The van der Waals surface area contributed by atoms with Gasteiger partial charge in [0.2, 0.25) is 0 Å². The molecule has 2 rings (SSSR count). The summed E-state index contributed by atoms with van der Waals surface area (Å²) in [6.07, 6.45) is 6.63. The Bertz CT molecular complexity index is 331. The van der Waals surface area contributed by atoms with Crippen molar-refractivity contribution in [2.75, 3.05) is 0 Å². The van der Waals surface area contributed by atoms with Crippen molar-refractivity contribution >= 4 is 0 Å². The van der Waals surface area contributed by atoms with Crippen LogP contribution >= 0.6 is 0 Å².